The number of rotatable bonds is 4. The minimum atomic E-state index is 0.119. The van der Waals surface area contributed by atoms with E-state index in [1.165, 1.54) is 9.88 Å². The van der Waals surface area contributed by atoms with Gasteiger partial charge in [0.05, 0.1) is 16.7 Å². The molecule has 0 amide bonds. The van der Waals surface area contributed by atoms with Crippen molar-refractivity contribution in [1.29, 1.82) is 0 Å². The van der Waals surface area contributed by atoms with Gasteiger partial charge in [0.2, 0.25) is 0 Å². The Morgan fingerprint density at radius 3 is 2.40 bits per heavy atom. The molecule has 0 aliphatic heterocycles. The minimum Gasteiger partial charge on any atom is -0.301 e. The third kappa shape index (κ3) is 3.45. The maximum Gasteiger partial charge on any atom is 0.109 e. The highest BCUT2D eigenvalue weighted by atomic mass is 32.1. The van der Waals surface area contributed by atoms with Crippen LogP contribution in [0.25, 0.3) is 0 Å². The first-order chi connectivity index (χ1) is 9.29. The van der Waals surface area contributed by atoms with Crippen LogP contribution in [-0.4, -0.2) is 9.97 Å². The first-order valence-corrected chi connectivity index (χ1v) is 8.62. The predicted molar refractivity (Wildman–Crippen MR) is 87.6 cm³/mol. The number of aryl methyl sites for hydroxylation is 1. The van der Waals surface area contributed by atoms with E-state index in [2.05, 4.69) is 51.8 Å². The molecule has 20 heavy (non-hydrogen) atoms. The van der Waals surface area contributed by atoms with E-state index < -0.39 is 0 Å². The second kappa shape index (κ2) is 5.92. The van der Waals surface area contributed by atoms with Crippen molar-refractivity contribution in [2.75, 3.05) is 0 Å². The lowest BCUT2D eigenvalue weighted by atomic mass is 9.98. The summed E-state index contributed by atoms with van der Waals surface area (Å²) in [5, 5.41) is 7.99. The molecular weight excluding hydrogens is 286 g/mol. The minimum absolute atomic E-state index is 0.119. The molecule has 2 aromatic rings. The van der Waals surface area contributed by atoms with Crippen LogP contribution in [0, 0.1) is 6.92 Å². The monoisotopic (exact) mass is 309 g/mol. The molecule has 0 saturated carbocycles. The zero-order valence-electron chi connectivity index (χ0n) is 13.0. The molecule has 2 atom stereocenters. The zero-order valence-corrected chi connectivity index (χ0v) is 14.7. The van der Waals surface area contributed by atoms with E-state index in [9.17, 15) is 0 Å². The van der Waals surface area contributed by atoms with E-state index in [-0.39, 0.29) is 11.5 Å². The molecule has 2 rings (SSSR count). The van der Waals surface area contributed by atoms with Crippen molar-refractivity contribution in [3.05, 3.63) is 32.2 Å². The molecule has 2 aromatic heterocycles. The van der Waals surface area contributed by atoms with E-state index in [1.54, 1.807) is 11.3 Å². The van der Waals surface area contributed by atoms with Crippen molar-refractivity contribution in [3.63, 3.8) is 0 Å². The lowest BCUT2D eigenvalue weighted by molar-refractivity contribution is 0.496. The molecule has 2 unspecified atom stereocenters. The van der Waals surface area contributed by atoms with Crippen LogP contribution in [0.2, 0.25) is 0 Å². The second-order valence-electron chi connectivity index (χ2n) is 6.20. The van der Waals surface area contributed by atoms with Gasteiger partial charge in [0.15, 0.2) is 0 Å². The molecule has 0 spiro atoms. The number of hydrogen-bond acceptors (Lipinski definition) is 5. The molecule has 3 nitrogen and oxygen atoms in total. The Balaban J connectivity index is 2.13. The van der Waals surface area contributed by atoms with Gasteiger partial charge in [-0.25, -0.2) is 9.97 Å². The van der Waals surface area contributed by atoms with Crippen molar-refractivity contribution in [3.8, 4) is 0 Å². The van der Waals surface area contributed by atoms with E-state index in [4.69, 9.17) is 4.98 Å². The Morgan fingerprint density at radius 2 is 1.90 bits per heavy atom. The number of nitrogens with zero attached hydrogens (tertiary/aromatic N) is 2. The van der Waals surface area contributed by atoms with Crippen molar-refractivity contribution >= 4 is 22.7 Å². The topological polar surface area (TPSA) is 37.8 Å². The smallest absolute Gasteiger partial charge is 0.109 e. The highest BCUT2D eigenvalue weighted by Crippen LogP contribution is 2.33. The Bertz CT molecular complexity index is 552. The molecule has 0 aliphatic carbocycles. The van der Waals surface area contributed by atoms with Gasteiger partial charge in [-0.15, -0.1) is 22.7 Å². The lowest BCUT2D eigenvalue weighted by Gasteiger charge is -2.18. The van der Waals surface area contributed by atoms with Gasteiger partial charge >= 0.3 is 0 Å². The zero-order chi connectivity index (χ0) is 14.9. The summed E-state index contributed by atoms with van der Waals surface area (Å²) in [4.78, 5) is 10.4. The van der Waals surface area contributed by atoms with Crippen LogP contribution in [0.15, 0.2) is 11.6 Å². The summed E-state index contributed by atoms with van der Waals surface area (Å²) in [5.74, 6) is 0. The fourth-order valence-electron chi connectivity index (χ4n) is 2.10. The van der Waals surface area contributed by atoms with Gasteiger partial charge in [0, 0.05) is 27.9 Å². The van der Waals surface area contributed by atoms with Gasteiger partial charge in [-0.1, -0.05) is 20.8 Å². The van der Waals surface area contributed by atoms with Crippen LogP contribution >= 0.6 is 22.7 Å². The fourth-order valence-corrected chi connectivity index (χ4v) is 3.89. The van der Waals surface area contributed by atoms with E-state index in [1.807, 2.05) is 22.9 Å². The van der Waals surface area contributed by atoms with Gasteiger partial charge in [-0.2, -0.15) is 0 Å². The van der Waals surface area contributed by atoms with Crippen LogP contribution in [0.5, 0.6) is 0 Å². The van der Waals surface area contributed by atoms with Crippen LogP contribution in [0.4, 0.5) is 0 Å². The molecular formula is C15H23N3S2. The van der Waals surface area contributed by atoms with Gasteiger partial charge in [0.25, 0.3) is 0 Å². The van der Waals surface area contributed by atoms with Crippen LogP contribution in [-0.2, 0) is 5.41 Å². The standard InChI is InChI=1S/C15H23N3S2/c1-9(17-11(3)13-16-7-8-19-13)12-10(2)18-14(20-12)15(4,5)6/h7-9,11,17H,1-6H3. The summed E-state index contributed by atoms with van der Waals surface area (Å²) >= 11 is 3.52. The molecule has 0 fully saturated rings. The highest BCUT2D eigenvalue weighted by molar-refractivity contribution is 7.12. The van der Waals surface area contributed by atoms with Crippen molar-refractivity contribution in [2.45, 2.75) is 59.0 Å². The van der Waals surface area contributed by atoms with Crippen molar-refractivity contribution < 1.29 is 0 Å². The SMILES string of the molecule is Cc1nc(C(C)(C)C)sc1C(C)NC(C)c1nccs1. The second-order valence-corrected chi connectivity index (χ2v) is 8.16. The molecule has 0 radical (unpaired) electrons. The molecule has 1 N–H and O–H groups in total. The molecule has 0 aliphatic rings. The molecule has 0 aromatic carbocycles. The quantitative estimate of drug-likeness (QED) is 0.895. The predicted octanol–water partition coefficient (Wildman–Crippen LogP) is 4.62. The molecule has 110 valence electrons. The van der Waals surface area contributed by atoms with E-state index >= 15 is 0 Å². The Kier molecular flexibility index (Phi) is 4.62. The average Bonchev–Trinajstić information content (AvgIpc) is 2.95. The molecule has 5 heteroatoms. The van der Waals surface area contributed by atoms with Gasteiger partial charge in [-0.05, 0) is 20.8 Å². The Morgan fingerprint density at radius 1 is 1.20 bits per heavy atom. The van der Waals surface area contributed by atoms with Crippen LogP contribution in [0.1, 0.15) is 67.3 Å². The normalized spacial score (nSPS) is 15.3. The van der Waals surface area contributed by atoms with Crippen molar-refractivity contribution in [1.82, 2.24) is 15.3 Å². The Labute approximate surface area is 129 Å². The fraction of sp³-hybridized carbons (Fsp3) is 0.600. The third-order valence-corrected chi connectivity index (χ3v) is 5.91. The largest absolute Gasteiger partial charge is 0.301 e. The Hall–Kier alpha value is -0.780. The first kappa shape index (κ1) is 15.6. The van der Waals surface area contributed by atoms with E-state index in [0.717, 1.165) is 10.7 Å². The number of hydrogen-bond donors (Lipinski definition) is 1. The summed E-state index contributed by atoms with van der Waals surface area (Å²) in [5.41, 5.74) is 1.26. The maximum atomic E-state index is 4.74. The molecule has 2 heterocycles. The van der Waals surface area contributed by atoms with Gasteiger partial charge in [0.1, 0.15) is 5.01 Å². The summed E-state index contributed by atoms with van der Waals surface area (Å²) in [6, 6.07) is 0.562. The summed E-state index contributed by atoms with van der Waals surface area (Å²) in [7, 11) is 0. The first-order valence-electron chi connectivity index (χ1n) is 6.92. The van der Waals surface area contributed by atoms with Crippen LogP contribution < -0.4 is 5.32 Å². The summed E-state index contributed by atoms with van der Waals surface area (Å²) < 4.78 is 0. The van der Waals surface area contributed by atoms with E-state index in [0.29, 0.717) is 6.04 Å². The van der Waals surface area contributed by atoms with Crippen LogP contribution in [0.3, 0.4) is 0 Å². The summed E-state index contributed by atoms with van der Waals surface area (Å²) in [6.07, 6.45) is 1.86. The maximum absolute atomic E-state index is 4.74. The molecule has 0 saturated heterocycles. The molecule has 0 bridgehead atoms. The number of nitrogens with one attached hydrogen (secondary N) is 1. The average molecular weight is 310 g/mol. The summed E-state index contributed by atoms with van der Waals surface area (Å²) in [6.45, 7) is 13.1. The highest BCUT2D eigenvalue weighted by Gasteiger charge is 2.23. The lowest BCUT2D eigenvalue weighted by Crippen LogP contribution is -2.22. The number of thiazole rings is 2. The third-order valence-electron chi connectivity index (χ3n) is 3.19. The van der Waals surface area contributed by atoms with Gasteiger partial charge < -0.3 is 5.32 Å². The van der Waals surface area contributed by atoms with Crippen molar-refractivity contribution in [2.24, 2.45) is 0 Å². The number of aromatic nitrogens is 2. The van der Waals surface area contributed by atoms with Gasteiger partial charge in [-0.3, -0.25) is 0 Å².